The van der Waals surface area contributed by atoms with Gasteiger partial charge in [0.2, 0.25) is 0 Å². The molecule has 0 bridgehead atoms. The number of aromatic nitrogens is 1. The smallest absolute Gasteiger partial charge is 0.181 e. The van der Waals surface area contributed by atoms with Crippen molar-refractivity contribution in [1.82, 2.24) is 9.88 Å². The van der Waals surface area contributed by atoms with Crippen molar-refractivity contribution >= 4 is 32.6 Å². The van der Waals surface area contributed by atoms with Gasteiger partial charge in [-0.3, -0.25) is 4.79 Å². The summed E-state index contributed by atoms with van der Waals surface area (Å²) in [6, 6.07) is 5.89. The van der Waals surface area contributed by atoms with E-state index in [-0.39, 0.29) is 11.8 Å². The minimum Gasteiger partial charge on any atom is -0.350 e. The third-order valence-electron chi connectivity index (χ3n) is 3.29. The number of hydrogen-bond acceptors (Lipinski definition) is 2. The van der Waals surface area contributed by atoms with Gasteiger partial charge in [0, 0.05) is 34.2 Å². The second-order valence-electron chi connectivity index (χ2n) is 4.43. The molecule has 0 aliphatic heterocycles. The Bertz CT molecular complexity index is 585. The lowest BCUT2D eigenvalue weighted by Crippen LogP contribution is -2.33. The van der Waals surface area contributed by atoms with Gasteiger partial charge >= 0.3 is 0 Å². The highest BCUT2D eigenvalue weighted by Crippen LogP contribution is 2.25. The van der Waals surface area contributed by atoms with Crippen LogP contribution < -0.4 is 5.32 Å². The number of likely N-dealkylation sites (N-methyl/N-ethyl adjacent to an activating group) is 1. The summed E-state index contributed by atoms with van der Waals surface area (Å²) in [5.41, 5.74) is 1.86. The van der Waals surface area contributed by atoms with E-state index in [0.29, 0.717) is 0 Å². The zero-order chi connectivity index (χ0) is 13.3. The first kappa shape index (κ1) is 13.3. The van der Waals surface area contributed by atoms with Crippen molar-refractivity contribution in [3.63, 3.8) is 0 Å². The van der Waals surface area contributed by atoms with Gasteiger partial charge in [-0.05, 0) is 25.6 Å². The van der Waals surface area contributed by atoms with Crippen LogP contribution in [0.1, 0.15) is 23.7 Å². The van der Waals surface area contributed by atoms with Crippen molar-refractivity contribution in [2.75, 3.05) is 7.05 Å². The zero-order valence-electron chi connectivity index (χ0n) is 10.8. The number of aryl methyl sites for hydroxylation is 1. The topological polar surface area (TPSA) is 34.0 Å². The quantitative estimate of drug-likeness (QED) is 0.881. The Morgan fingerprint density at radius 1 is 1.50 bits per heavy atom. The SMILES string of the molecule is CCC(NC)C(=O)c1cn(C)c2cc(Br)ccc12. The Kier molecular flexibility index (Phi) is 3.88. The van der Waals surface area contributed by atoms with E-state index in [1.165, 1.54) is 0 Å². The molecule has 1 N–H and O–H groups in total. The maximum Gasteiger partial charge on any atom is 0.181 e. The van der Waals surface area contributed by atoms with Gasteiger partial charge in [-0.25, -0.2) is 0 Å². The van der Waals surface area contributed by atoms with Crippen LogP contribution in [-0.4, -0.2) is 23.4 Å². The van der Waals surface area contributed by atoms with Gasteiger partial charge < -0.3 is 9.88 Å². The number of benzene rings is 1. The molecule has 2 aromatic rings. The van der Waals surface area contributed by atoms with Crippen molar-refractivity contribution in [3.8, 4) is 0 Å². The van der Waals surface area contributed by atoms with Crippen LogP contribution in [0.15, 0.2) is 28.9 Å². The Labute approximate surface area is 115 Å². The Morgan fingerprint density at radius 2 is 2.22 bits per heavy atom. The summed E-state index contributed by atoms with van der Waals surface area (Å²) in [7, 11) is 3.79. The second-order valence-corrected chi connectivity index (χ2v) is 5.34. The van der Waals surface area contributed by atoms with Crippen molar-refractivity contribution in [2.45, 2.75) is 19.4 Å². The molecule has 0 aliphatic rings. The van der Waals surface area contributed by atoms with E-state index in [1.807, 2.05) is 50.0 Å². The number of ketones is 1. The summed E-state index contributed by atoms with van der Waals surface area (Å²) in [4.78, 5) is 12.4. The van der Waals surface area contributed by atoms with Crippen LogP contribution in [0.4, 0.5) is 0 Å². The lowest BCUT2D eigenvalue weighted by molar-refractivity contribution is 0.0946. The van der Waals surface area contributed by atoms with Gasteiger partial charge in [0.05, 0.1) is 6.04 Å². The molecule has 0 amide bonds. The number of carbonyl (C=O) groups is 1. The number of fused-ring (bicyclic) bond motifs is 1. The molecule has 0 aliphatic carbocycles. The number of carbonyl (C=O) groups excluding carboxylic acids is 1. The van der Waals surface area contributed by atoms with Crippen LogP contribution in [0, 0.1) is 0 Å². The summed E-state index contributed by atoms with van der Waals surface area (Å²) in [6.45, 7) is 2.01. The first-order valence-corrected chi connectivity index (χ1v) is 6.83. The average Bonchev–Trinajstić information content (AvgIpc) is 2.68. The van der Waals surface area contributed by atoms with Crippen LogP contribution in [0.2, 0.25) is 0 Å². The van der Waals surface area contributed by atoms with Crippen molar-refractivity contribution in [1.29, 1.82) is 0 Å². The third-order valence-corrected chi connectivity index (χ3v) is 3.78. The van der Waals surface area contributed by atoms with E-state index in [2.05, 4.69) is 21.2 Å². The fourth-order valence-electron chi connectivity index (χ4n) is 2.26. The van der Waals surface area contributed by atoms with Crippen LogP contribution in [0.25, 0.3) is 10.9 Å². The minimum absolute atomic E-state index is 0.112. The first-order chi connectivity index (χ1) is 8.58. The molecule has 0 fully saturated rings. The summed E-state index contributed by atoms with van der Waals surface area (Å²) in [5.74, 6) is 0.160. The molecular formula is C14H17BrN2O. The van der Waals surface area contributed by atoms with Crippen molar-refractivity contribution in [2.24, 2.45) is 7.05 Å². The fourth-order valence-corrected chi connectivity index (χ4v) is 2.61. The maximum atomic E-state index is 12.4. The monoisotopic (exact) mass is 308 g/mol. The van der Waals surface area contributed by atoms with E-state index in [9.17, 15) is 4.79 Å². The van der Waals surface area contributed by atoms with Crippen molar-refractivity contribution in [3.05, 3.63) is 34.4 Å². The normalized spacial score (nSPS) is 12.9. The summed E-state index contributed by atoms with van der Waals surface area (Å²) >= 11 is 3.46. The number of rotatable bonds is 4. The lowest BCUT2D eigenvalue weighted by atomic mass is 10.0. The highest BCUT2D eigenvalue weighted by molar-refractivity contribution is 9.10. The van der Waals surface area contributed by atoms with E-state index >= 15 is 0 Å². The molecule has 1 unspecified atom stereocenters. The highest BCUT2D eigenvalue weighted by Gasteiger charge is 2.20. The van der Waals surface area contributed by atoms with Crippen LogP contribution in [-0.2, 0) is 7.05 Å². The fraction of sp³-hybridized carbons (Fsp3) is 0.357. The molecule has 1 aromatic heterocycles. The molecule has 1 heterocycles. The van der Waals surface area contributed by atoms with Gasteiger partial charge in [-0.1, -0.05) is 28.9 Å². The molecular weight excluding hydrogens is 292 g/mol. The van der Waals surface area contributed by atoms with Gasteiger partial charge in [0.1, 0.15) is 0 Å². The third kappa shape index (κ3) is 2.22. The Balaban J connectivity index is 2.55. The predicted molar refractivity (Wildman–Crippen MR) is 78.1 cm³/mol. The molecule has 96 valence electrons. The highest BCUT2D eigenvalue weighted by atomic mass is 79.9. The van der Waals surface area contributed by atoms with E-state index in [1.54, 1.807) is 0 Å². The number of Topliss-reactive ketones (excluding diaryl/α,β-unsaturated/α-hetero) is 1. The van der Waals surface area contributed by atoms with E-state index < -0.39 is 0 Å². The number of hydrogen-bond donors (Lipinski definition) is 1. The molecule has 0 spiro atoms. The maximum absolute atomic E-state index is 12.4. The van der Waals surface area contributed by atoms with Crippen molar-refractivity contribution < 1.29 is 4.79 Å². The van der Waals surface area contributed by atoms with Gasteiger partial charge in [-0.2, -0.15) is 0 Å². The molecule has 1 aromatic carbocycles. The molecule has 0 saturated carbocycles. The molecule has 4 heteroatoms. The Hall–Kier alpha value is -1.13. The predicted octanol–water partition coefficient (Wildman–Crippen LogP) is 3.12. The molecule has 3 nitrogen and oxygen atoms in total. The van der Waals surface area contributed by atoms with E-state index in [4.69, 9.17) is 0 Å². The molecule has 0 saturated heterocycles. The number of nitrogens with zero attached hydrogens (tertiary/aromatic N) is 1. The number of halogens is 1. The first-order valence-electron chi connectivity index (χ1n) is 6.04. The van der Waals surface area contributed by atoms with Gasteiger partial charge in [0.25, 0.3) is 0 Å². The summed E-state index contributed by atoms with van der Waals surface area (Å²) in [6.07, 6.45) is 2.71. The van der Waals surface area contributed by atoms with Gasteiger partial charge in [0.15, 0.2) is 5.78 Å². The summed E-state index contributed by atoms with van der Waals surface area (Å²) < 4.78 is 3.02. The van der Waals surface area contributed by atoms with Crippen LogP contribution in [0.3, 0.4) is 0 Å². The molecule has 2 rings (SSSR count). The molecule has 1 atom stereocenters. The zero-order valence-corrected chi connectivity index (χ0v) is 12.4. The second kappa shape index (κ2) is 5.24. The standard InChI is InChI=1S/C14H17BrN2O/c1-4-12(16-2)14(18)11-8-17(3)13-7-9(15)5-6-10(11)13/h5-8,12,16H,4H2,1-3H3. The molecule has 0 radical (unpaired) electrons. The summed E-state index contributed by atoms with van der Waals surface area (Å²) in [5, 5.41) is 4.08. The molecule has 18 heavy (non-hydrogen) atoms. The average molecular weight is 309 g/mol. The van der Waals surface area contributed by atoms with Gasteiger partial charge in [-0.15, -0.1) is 0 Å². The number of nitrogens with one attached hydrogen (secondary N) is 1. The minimum atomic E-state index is -0.112. The van der Waals surface area contributed by atoms with Crippen LogP contribution in [0.5, 0.6) is 0 Å². The lowest BCUT2D eigenvalue weighted by Gasteiger charge is -2.11. The van der Waals surface area contributed by atoms with Crippen LogP contribution >= 0.6 is 15.9 Å². The Morgan fingerprint density at radius 3 is 2.83 bits per heavy atom. The largest absolute Gasteiger partial charge is 0.350 e. The van der Waals surface area contributed by atoms with E-state index in [0.717, 1.165) is 27.4 Å².